The van der Waals surface area contributed by atoms with Gasteiger partial charge in [-0.1, -0.05) is 35.4 Å². The monoisotopic (exact) mass is 467 g/mol. The van der Waals surface area contributed by atoms with Crippen LogP contribution in [-0.4, -0.2) is 30.4 Å². The first-order valence-electron chi connectivity index (χ1n) is 9.77. The number of hydrazone groups is 1. The molecule has 0 spiro atoms. The number of ether oxygens (including phenoxy) is 1. The van der Waals surface area contributed by atoms with Crippen LogP contribution in [0.2, 0.25) is 5.02 Å². The Bertz CT molecular complexity index is 1090. The van der Waals surface area contributed by atoms with Crippen molar-refractivity contribution in [1.29, 1.82) is 0 Å². The molecule has 3 aromatic carbocycles. The summed E-state index contributed by atoms with van der Waals surface area (Å²) in [4.78, 5) is 24.9. The molecule has 0 bridgehead atoms. The molecule has 0 heterocycles. The molecule has 2 N–H and O–H groups in total. The van der Waals surface area contributed by atoms with Crippen LogP contribution in [-0.2, 0) is 9.59 Å². The number of benzene rings is 3. The van der Waals surface area contributed by atoms with E-state index in [1.165, 1.54) is 17.3 Å². The largest absolute Gasteiger partial charge is 0.484 e. The van der Waals surface area contributed by atoms with Gasteiger partial charge in [0.2, 0.25) is 5.91 Å². The number of halogens is 1. The Kier molecular flexibility index (Phi) is 8.71. The number of anilines is 1. The third-order valence-electron chi connectivity index (χ3n) is 4.15. The van der Waals surface area contributed by atoms with Crippen molar-refractivity contribution in [2.45, 2.75) is 11.8 Å². The zero-order chi connectivity index (χ0) is 22.8. The van der Waals surface area contributed by atoms with Gasteiger partial charge in [0.1, 0.15) is 5.75 Å². The molecule has 3 rings (SSSR count). The number of hydrogen-bond acceptors (Lipinski definition) is 5. The molecule has 0 unspecified atom stereocenters. The van der Waals surface area contributed by atoms with Gasteiger partial charge in [-0.3, -0.25) is 9.59 Å². The molecule has 0 radical (unpaired) electrons. The molecule has 32 heavy (non-hydrogen) atoms. The van der Waals surface area contributed by atoms with Crippen molar-refractivity contribution in [2.75, 3.05) is 17.7 Å². The van der Waals surface area contributed by atoms with Gasteiger partial charge in [-0.2, -0.15) is 5.10 Å². The first kappa shape index (κ1) is 23.4. The Labute approximate surface area is 196 Å². The summed E-state index contributed by atoms with van der Waals surface area (Å²) in [5.74, 6) is 0.355. The smallest absolute Gasteiger partial charge is 0.262 e. The summed E-state index contributed by atoms with van der Waals surface area (Å²) < 4.78 is 5.49. The van der Waals surface area contributed by atoms with Crippen molar-refractivity contribution in [2.24, 2.45) is 5.10 Å². The molecule has 0 fully saturated rings. The average Bonchev–Trinajstić information content (AvgIpc) is 2.78. The summed E-state index contributed by atoms with van der Waals surface area (Å²) >= 11 is 7.35. The minimum Gasteiger partial charge on any atom is -0.484 e. The van der Waals surface area contributed by atoms with Crippen molar-refractivity contribution in [3.63, 3.8) is 0 Å². The number of carbonyl (C=O) groups is 2. The van der Waals surface area contributed by atoms with Gasteiger partial charge in [0, 0.05) is 15.6 Å². The van der Waals surface area contributed by atoms with Crippen LogP contribution in [0.1, 0.15) is 11.1 Å². The van der Waals surface area contributed by atoms with Gasteiger partial charge in [-0.05, 0) is 67.1 Å². The van der Waals surface area contributed by atoms with E-state index < -0.39 is 0 Å². The number of rotatable bonds is 9. The highest BCUT2D eigenvalue weighted by molar-refractivity contribution is 8.00. The van der Waals surface area contributed by atoms with E-state index in [2.05, 4.69) is 15.8 Å². The molecule has 164 valence electrons. The quantitative estimate of drug-likeness (QED) is 0.266. The number of hydrogen-bond donors (Lipinski definition) is 2. The molecule has 8 heteroatoms. The Morgan fingerprint density at radius 2 is 1.78 bits per heavy atom. The van der Waals surface area contributed by atoms with Crippen LogP contribution < -0.4 is 15.5 Å². The minimum atomic E-state index is -0.288. The van der Waals surface area contributed by atoms with Gasteiger partial charge in [0.25, 0.3) is 5.91 Å². The molecule has 0 aliphatic rings. The van der Waals surface area contributed by atoms with Gasteiger partial charge in [0.05, 0.1) is 12.0 Å². The number of thioether (sulfide) groups is 1. The van der Waals surface area contributed by atoms with Crippen LogP contribution >= 0.6 is 23.4 Å². The van der Waals surface area contributed by atoms with Crippen LogP contribution in [0.3, 0.4) is 0 Å². The van der Waals surface area contributed by atoms with Crippen molar-refractivity contribution in [3.05, 3.63) is 88.9 Å². The first-order valence-corrected chi connectivity index (χ1v) is 11.1. The molecule has 6 nitrogen and oxygen atoms in total. The van der Waals surface area contributed by atoms with Gasteiger partial charge >= 0.3 is 0 Å². The predicted molar refractivity (Wildman–Crippen MR) is 130 cm³/mol. The van der Waals surface area contributed by atoms with Crippen molar-refractivity contribution in [1.82, 2.24) is 5.43 Å². The fourth-order valence-corrected chi connectivity index (χ4v) is 3.44. The van der Waals surface area contributed by atoms with E-state index in [9.17, 15) is 9.59 Å². The lowest BCUT2D eigenvalue weighted by atomic mass is 10.2. The molecular weight excluding hydrogens is 446 g/mol. The molecule has 0 saturated carbocycles. The van der Waals surface area contributed by atoms with E-state index in [1.807, 2.05) is 31.2 Å². The lowest BCUT2D eigenvalue weighted by Gasteiger charge is -2.08. The number of nitrogens with zero attached hydrogens (tertiary/aromatic N) is 1. The highest BCUT2D eigenvalue weighted by atomic mass is 35.5. The van der Waals surface area contributed by atoms with Crippen LogP contribution in [0.4, 0.5) is 5.69 Å². The van der Waals surface area contributed by atoms with Crippen LogP contribution in [0.5, 0.6) is 5.75 Å². The van der Waals surface area contributed by atoms with E-state index >= 15 is 0 Å². The van der Waals surface area contributed by atoms with Gasteiger partial charge in [-0.15, -0.1) is 11.8 Å². The normalized spacial score (nSPS) is 10.7. The van der Waals surface area contributed by atoms with Crippen molar-refractivity contribution in [3.8, 4) is 5.75 Å². The van der Waals surface area contributed by atoms with Crippen molar-refractivity contribution >= 4 is 47.1 Å². The fourth-order valence-electron chi connectivity index (χ4n) is 2.56. The number of carbonyl (C=O) groups excluding carboxylic acids is 2. The van der Waals surface area contributed by atoms with Crippen LogP contribution in [0.25, 0.3) is 0 Å². The third-order valence-corrected chi connectivity index (χ3v) is 5.40. The Morgan fingerprint density at radius 3 is 2.50 bits per heavy atom. The Balaban J connectivity index is 1.38. The maximum absolute atomic E-state index is 12.0. The summed E-state index contributed by atoms with van der Waals surface area (Å²) in [6.45, 7) is 1.89. The summed E-state index contributed by atoms with van der Waals surface area (Å²) in [6.07, 6.45) is 1.55. The van der Waals surface area contributed by atoms with E-state index in [0.29, 0.717) is 16.5 Å². The summed E-state index contributed by atoms with van der Waals surface area (Å²) in [6, 6.07) is 21.9. The zero-order valence-electron chi connectivity index (χ0n) is 17.4. The molecule has 0 saturated heterocycles. The van der Waals surface area contributed by atoms with E-state index in [-0.39, 0.29) is 24.2 Å². The number of amides is 2. The lowest BCUT2D eigenvalue weighted by molar-refractivity contribution is -0.119. The van der Waals surface area contributed by atoms with Gasteiger partial charge in [-0.25, -0.2) is 5.43 Å². The highest BCUT2D eigenvalue weighted by Gasteiger charge is 2.05. The van der Waals surface area contributed by atoms with Crippen LogP contribution in [0.15, 0.2) is 82.8 Å². The molecule has 2 amide bonds. The Hall–Kier alpha value is -3.29. The minimum absolute atomic E-state index is 0.130. The van der Waals surface area contributed by atoms with E-state index in [1.54, 1.807) is 54.7 Å². The number of nitrogens with one attached hydrogen (secondary N) is 2. The topological polar surface area (TPSA) is 79.8 Å². The summed E-state index contributed by atoms with van der Waals surface area (Å²) in [5.41, 5.74) is 5.08. The SMILES string of the molecule is Cc1ccc(SCC(=O)N/N=C\c2ccc(OCC(=O)Nc3cccc(Cl)c3)cc2)cc1. The molecule has 0 atom stereocenters. The second-order valence-corrected chi connectivity index (χ2v) is 8.30. The van der Waals surface area contributed by atoms with Crippen LogP contribution in [0, 0.1) is 6.92 Å². The summed E-state index contributed by atoms with van der Waals surface area (Å²) in [5, 5.41) is 7.23. The number of aryl methyl sites for hydroxylation is 1. The van der Waals surface area contributed by atoms with Crippen molar-refractivity contribution < 1.29 is 14.3 Å². The molecule has 0 aliphatic heterocycles. The molecular formula is C24H22ClN3O3S. The fraction of sp³-hybridized carbons (Fsp3) is 0.125. The van der Waals surface area contributed by atoms with E-state index in [4.69, 9.17) is 16.3 Å². The highest BCUT2D eigenvalue weighted by Crippen LogP contribution is 2.18. The molecule has 3 aromatic rings. The second-order valence-electron chi connectivity index (χ2n) is 6.81. The molecule has 0 aliphatic carbocycles. The first-order chi connectivity index (χ1) is 15.5. The Morgan fingerprint density at radius 1 is 1.03 bits per heavy atom. The molecule has 0 aromatic heterocycles. The van der Waals surface area contributed by atoms with Gasteiger partial charge in [0.15, 0.2) is 6.61 Å². The summed E-state index contributed by atoms with van der Waals surface area (Å²) in [7, 11) is 0. The third kappa shape index (κ3) is 8.09. The lowest BCUT2D eigenvalue weighted by Crippen LogP contribution is -2.20. The maximum atomic E-state index is 12.0. The average molecular weight is 468 g/mol. The predicted octanol–water partition coefficient (Wildman–Crippen LogP) is 4.91. The van der Waals surface area contributed by atoms with E-state index in [0.717, 1.165) is 10.5 Å². The second kappa shape index (κ2) is 11.9. The zero-order valence-corrected chi connectivity index (χ0v) is 19.0. The maximum Gasteiger partial charge on any atom is 0.262 e. The standard InChI is InChI=1S/C24H22ClN3O3S/c1-17-5-11-22(12-6-17)32-16-24(30)28-26-14-18-7-9-21(10-8-18)31-15-23(29)27-20-4-2-3-19(25)13-20/h2-14H,15-16H2,1H3,(H,27,29)(H,28,30)/b26-14-. The van der Waals surface area contributed by atoms with Gasteiger partial charge < -0.3 is 10.1 Å².